The standard InChI is InChI=1S/C14H13BrN2O3/c15-8-1-2-12-10(5-8)13(11(6-16-12)14(18)19)17-9-3-4-20-7-9/h1-2,5-6,9H,3-4,7H2,(H,16,17)(H,18,19)/t9-/m1/s1. The van der Waals surface area contributed by atoms with Gasteiger partial charge in [0.05, 0.1) is 23.9 Å². The Morgan fingerprint density at radius 2 is 2.35 bits per heavy atom. The molecule has 104 valence electrons. The van der Waals surface area contributed by atoms with Crippen molar-refractivity contribution >= 4 is 38.5 Å². The van der Waals surface area contributed by atoms with Crippen molar-refractivity contribution in [2.75, 3.05) is 18.5 Å². The van der Waals surface area contributed by atoms with Crippen LogP contribution in [0.1, 0.15) is 16.8 Å². The molecular formula is C14H13BrN2O3. The molecule has 2 N–H and O–H groups in total. The van der Waals surface area contributed by atoms with Crippen LogP contribution in [0.2, 0.25) is 0 Å². The zero-order chi connectivity index (χ0) is 14.1. The van der Waals surface area contributed by atoms with Gasteiger partial charge in [-0.25, -0.2) is 4.79 Å². The van der Waals surface area contributed by atoms with Gasteiger partial charge >= 0.3 is 5.97 Å². The lowest BCUT2D eigenvalue weighted by molar-refractivity contribution is 0.0697. The molecule has 1 aromatic heterocycles. The summed E-state index contributed by atoms with van der Waals surface area (Å²) in [6.07, 6.45) is 2.27. The Labute approximate surface area is 124 Å². The average molecular weight is 337 g/mol. The molecule has 1 atom stereocenters. The molecule has 1 aliphatic rings. The molecule has 0 radical (unpaired) electrons. The van der Waals surface area contributed by atoms with Crippen molar-refractivity contribution in [2.45, 2.75) is 12.5 Å². The van der Waals surface area contributed by atoms with Crippen LogP contribution >= 0.6 is 15.9 Å². The van der Waals surface area contributed by atoms with Crippen molar-refractivity contribution < 1.29 is 14.6 Å². The minimum Gasteiger partial charge on any atom is -0.478 e. The van der Waals surface area contributed by atoms with E-state index in [1.165, 1.54) is 6.20 Å². The average Bonchev–Trinajstić information content (AvgIpc) is 2.92. The maximum Gasteiger partial charge on any atom is 0.339 e. The zero-order valence-corrected chi connectivity index (χ0v) is 12.2. The normalized spacial score (nSPS) is 18.4. The summed E-state index contributed by atoms with van der Waals surface area (Å²) in [6.45, 7) is 1.30. The number of anilines is 1. The number of carbonyl (C=O) groups is 1. The number of halogens is 1. The molecule has 5 nitrogen and oxygen atoms in total. The summed E-state index contributed by atoms with van der Waals surface area (Å²) in [6, 6.07) is 5.77. The van der Waals surface area contributed by atoms with Crippen LogP contribution in [0.3, 0.4) is 0 Å². The summed E-state index contributed by atoms with van der Waals surface area (Å²) in [7, 11) is 0. The predicted molar refractivity (Wildman–Crippen MR) is 79.2 cm³/mol. The summed E-state index contributed by atoms with van der Waals surface area (Å²) in [5, 5.41) is 13.4. The van der Waals surface area contributed by atoms with E-state index in [4.69, 9.17) is 4.74 Å². The van der Waals surface area contributed by atoms with Crippen LogP contribution < -0.4 is 5.32 Å². The van der Waals surface area contributed by atoms with E-state index in [-0.39, 0.29) is 11.6 Å². The number of hydrogen-bond donors (Lipinski definition) is 2. The molecule has 1 aliphatic heterocycles. The molecule has 0 bridgehead atoms. The van der Waals surface area contributed by atoms with Crippen LogP contribution in [0.15, 0.2) is 28.9 Å². The second-order valence-corrected chi connectivity index (χ2v) is 5.63. The number of pyridine rings is 1. The fourth-order valence-corrected chi connectivity index (χ4v) is 2.70. The number of fused-ring (bicyclic) bond motifs is 1. The lowest BCUT2D eigenvalue weighted by Gasteiger charge is -2.16. The second kappa shape index (κ2) is 5.38. The van der Waals surface area contributed by atoms with Crippen molar-refractivity contribution in [1.29, 1.82) is 0 Å². The number of carboxylic acid groups (broad SMARTS) is 1. The predicted octanol–water partition coefficient (Wildman–Crippen LogP) is 2.90. The first-order chi connectivity index (χ1) is 9.65. The van der Waals surface area contributed by atoms with Gasteiger partial charge < -0.3 is 15.2 Å². The molecule has 0 spiro atoms. The van der Waals surface area contributed by atoms with Gasteiger partial charge in [-0.1, -0.05) is 15.9 Å². The Bertz CT molecular complexity index is 669. The third kappa shape index (κ3) is 2.48. The van der Waals surface area contributed by atoms with Crippen LogP contribution in [0.4, 0.5) is 5.69 Å². The van der Waals surface area contributed by atoms with Gasteiger partial charge in [0.25, 0.3) is 0 Å². The van der Waals surface area contributed by atoms with Crippen molar-refractivity contribution in [3.05, 3.63) is 34.4 Å². The molecule has 1 aromatic carbocycles. The van der Waals surface area contributed by atoms with Gasteiger partial charge in [-0.05, 0) is 24.6 Å². The SMILES string of the molecule is O=C(O)c1cnc2ccc(Br)cc2c1N[C@@H]1CCOC1. The summed E-state index contributed by atoms with van der Waals surface area (Å²) in [5.41, 5.74) is 1.56. The number of carboxylic acids is 1. The highest BCUT2D eigenvalue weighted by atomic mass is 79.9. The summed E-state index contributed by atoms with van der Waals surface area (Å²) >= 11 is 3.41. The Balaban J connectivity index is 2.14. The van der Waals surface area contributed by atoms with Crippen molar-refractivity contribution in [1.82, 2.24) is 4.98 Å². The van der Waals surface area contributed by atoms with E-state index in [2.05, 4.69) is 26.2 Å². The molecule has 20 heavy (non-hydrogen) atoms. The van der Waals surface area contributed by atoms with E-state index in [1.807, 2.05) is 18.2 Å². The lowest BCUT2D eigenvalue weighted by Crippen LogP contribution is -2.21. The Hall–Kier alpha value is -1.66. The maximum absolute atomic E-state index is 11.4. The number of aromatic nitrogens is 1. The highest BCUT2D eigenvalue weighted by molar-refractivity contribution is 9.10. The van der Waals surface area contributed by atoms with Gasteiger partial charge in [0, 0.05) is 22.7 Å². The smallest absolute Gasteiger partial charge is 0.339 e. The number of nitrogens with zero attached hydrogens (tertiary/aromatic N) is 1. The molecule has 0 aliphatic carbocycles. The summed E-state index contributed by atoms with van der Waals surface area (Å²) in [4.78, 5) is 15.6. The fraction of sp³-hybridized carbons (Fsp3) is 0.286. The van der Waals surface area contributed by atoms with Crippen LogP contribution in [0.25, 0.3) is 10.9 Å². The molecule has 0 saturated carbocycles. The second-order valence-electron chi connectivity index (χ2n) is 4.72. The van der Waals surface area contributed by atoms with Gasteiger partial charge in [0.15, 0.2) is 0 Å². The summed E-state index contributed by atoms with van der Waals surface area (Å²) < 4.78 is 6.22. The largest absolute Gasteiger partial charge is 0.478 e. The van der Waals surface area contributed by atoms with E-state index in [1.54, 1.807) is 0 Å². The van der Waals surface area contributed by atoms with Gasteiger partial charge in [0.2, 0.25) is 0 Å². The Kier molecular flexibility index (Phi) is 3.58. The Morgan fingerprint density at radius 3 is 3.05 bits per heavy atom. The third-order valence-electron chi connectivity index (χ3n) is 3.34. The molecule has 0 amide bonds. The third-order valence-corrected chi connectivity index (χ3v) is 3.83. The van der Waals surface area contributed by atoms with Crippen LogP contribution in [-0.4, -0.2) is 35.3 Å². The number of nitrogens with one attached hydrogen (secondary N) is 1. The lowest BCUT2D eigenvalue weighted by atomic mass is 10.1. The number of aromatic carboxylic acids is 1. The van der Waals surface area contributed by atoms with Crippen molar-refractivity contribution in [3.8, 4) is 0 Å². The van der Waals surface area contributed by atoms with Crippen LogP contribution in [0, 0.1) is 0 Å². The molecule has 0 unspecified atom stereocenters. The molecule has 1 saturated heterocycles. The van der Waals surface area contributed by atoms with Crippen molar-refractivity contribution in [2.24, 2.45) is 0 Å². The maximum atomic E-state index is 11.4. The first-order valence-electron chi connectivity index (χ1n) is 6.31. The van der Waals surface area contributed by atoms with Crippen LogP contribution in [0.5, 0.6) is 0 Å². The number of rotatable bonds is 3. The zero-order valence-electron chi connectivity index (χ0n) is 10.6. The van der Waals surface area contributed by atoms with E-state index in [9.17, 15) is 9.90 Å². The van der Waals surface area contributed by atoms with Gasteiger partial charge in [0.1, 0.15) is 5.56 Å². The molecule has 2 aromatic rings. The van der Waals surface area contributed by atoms with Crippen molar-refractivity contribution in [3.63, 3.8) is 0 Å². The minimum absolute atomic E-state index is 0.137. The first kappa shape index (κ1) is 13.3. The van der Waals surface area contributed by atoms with E-state index >= 15 is 0 Å². The molecular weight excluding hydrogens is 324 g/mol. The summed E-state index contributed by atoms with van der Waals surface area (Å²) in [5.74, 6) is -0.985. The first-order valence-corrected chi connectivity index (χ1v) is 7.10. The monoisotopic (exact) mass is 336 g/mol. The molecule has 1 fully saturated rings. The number of hydrogen-bond acceptors (Lipinski definition) is 4. The highest BCUT2D eigenvalue weighted by Crippen LogP contribution is 2.30. The van der Waals surface area contributed by atoms with Gasteiger partial charge in [-0.2, -0.15) is 0 Å². The topological polar surface area (TPSA) is 71.5 Å². The fourth-order valence-electron chi connectivity index (χ4n) is 2.33. The highest BCUT2D eigenvalue weighted by Gasteiger charge is 2.21. The van der Waals surface area contributed by atoms with E-state index in [0.29, 0.717) is 18.9 Å². The molecule has 6 heteroatoms. The minimum atomic E-state index is -0.985. The number of ether oxygens (including phenoxy) is 1. The molecule has 3 rings (SSSR count). The van der Waals surface area contributed by atoms with Gasteiger partial charge in [-0.3, -0.25) is 4.98 Å². The van der Waals surface area contributed by atoms with Crippen LogP contribution in [-0.2, 0) is 4.74 Å². The van der Waals surface area contributed by atoms with Gasteiger partial charge in [-0.15, -0.1) is 0 Å². The Morgan fingerprint density at radius 1 is 1.50 bits per heavy atom. The van der Waals surface area contributed by atoms with E-state index in [0.717, 1.165) is 21.8 Å². The molecule has 2 heterocycles. The van der Waals surface area contributed by atoms with E-state index < -0.39 is 5.97 Å². The number of benzene rings is 1. The quantitative estimate of drug-likeness (QED) is 0.901.